The highest BCUT2D eigenvalue weighted by atomic mass is 32.1. The van der Waals surface area contributed by atoms with E-state index in [1.54, 1.807) is 6.20 Å². The molecule has 2 N–H and O–H groups in total. The Morgan fingerprint density at radius 1 is 1.20 bits per heavy atom. The average Bonchev–Trinajstić information content (AvgIpc) is 3.37. The SMILES string of the molecule is Cc1ccc(C)c(-c2cc3c(s2)C2(CCN(C(=O)c4cnc(N)s4)CC2)OCC3)c1. The Morgan fingerprint density at radius 2 is 2.00 bits per heavy atom. The summed E-state index contributed by atoms with van der Waals surface area (Å²) in [5.41, 5.74) is 10.8. The summed E-state index contributed by atoms with van der Waals surface area (Å²) in [7, 11) is 0. The van der Waals surface area contributed by atoms with E-state index in [1.807, 2.05) is 16.2 Å². The fourth-order valence-corrected chi connectivity index (χ4v) is 6.69. The van der Waals surface area contributed by atoms with E-state index in [2.05, 4.69) is 43.1 Å². The lowest BCUT2D eigenvalue weighted by atomic mass is 9.85. The normalized spacial score (nSPS) is 17.9. The predicted octanol–water partition coefficient (Wildman–Crippen LogP) is 4.77. The highest BCUT2D eigenvalue weighted by Gasteiger charge is 2.43. The van der Waals surface area contributed by atoms with E-state index < -0.39 is 0 Å². The smallest absolute Gasteiger partial charge is 0.265 e. The van der Waals surface area contributed by atoms with Crippen molar-refractivity contribution < 1.29 is 9.53 Å². The van der Waals surface area contributed by atoms with E-state index in [4.69, 9.17) is 10.5 Å². The lowest BCUT2D eigenvalue weighted by Gasteiger charge is -2.43. The van der Waals surface area contributed by atoms with Crippen LogP contribution < -0.4 is 5.73 Å². The van der Waals surface area contributed by atoms with Gasteiger partial charge in [-0.05, 0) is 55.9 Å². The summed E-state index contributed by atoms with van der Waals surface area (Å²) in [4.78, 5) is 22.0. The van der Waals surface area contributed by atoms with Crippen molar-refractivity contribution in [2.45, 2.75) is 38.7 Å². The lowest BCUT2D eigenvalue weighted by Crippen LogP contribution is -2.47. The first-order valence-electron chi connectivity index (χ1n) is 10.3. The molecule has 156 valence electrons. The molecule has 0 aliphatic carbocycles. The molecular formula is C23H25N3O2S2. The Kier molecular flexibility index (Phi) is 4.92. The van der Waals surface area contributed by atoms with Gasteiger partial charge in [0.15, 0.2) is 5.13 Å². The third-order valence-electron chi connectivity index (χ3n) is 6.22. The third-order valence-corrected chi connectivity index (χ3v) is 8.43. The molecule has 5 rings (SSSR count). The number of fused-ring (bicyclic) bond motifs is 2. The molecule has 0 atom stereocenters. The molecule has 30 heavy (non-hydrogen) atoms. The molecule has 5 nitrogen and oxygen atoms in total. The lowest BCUT2D eigenvalue weighted by molar-refractivity contribution is -0.0905. The van der Waals surface area contributed by atoms with Crippen molar-refractivity contribution in [2.75, 3.05) is 25.4 Å². The summed E-state index contributed by atoms with van der Waals surface area (Å²) in [6.07, 6.45) is 4.19. The van der Waals surface area contributed by atoms with Crippen molar-refractivity contribution in [2.24, 2.45) is 0 Å². The van der Waals surface area contributed by atoms with Crippen molar-refractivity contribution in [1.29, 1.82) is 0 Å². The number of carbonyl (C=O) groups is 1. The van der Waals surface area contributed by atoms with E-state index in [9.17, 15) is 4.79 Å². The van der Waals surface area contributed by atoms with Gasteiger partial charge in [-0.1, -0.05) is 35.1 Å². The zero-order valence-corrected chi connectivity index (χ0v) is 18.9. The summed E-state index contributed by atoms with van der Waals surface area (Å²) in [5, 5.41) is 0.435. The first-order valence-corrected chi connectivity index (χ1v) is 11.9. The molecule has 1 spiro atoms. The summed E-state index contributed by atoms with van der Waals surface area (Å²) < 4.78 is 6.42. The van der Waals surface area contributed by atoms with E-state index in [1.165, 1.54) is 43.3 Å². The molecule has 1 amide bonds. The van der Waals surface area contributed by atoms with Gasteiger partial charge in [-0.3, -0.25) is 4.79 Å². The second-order valence-electron chi connectivity index (χ2n) is 8.23. The molecule has 2 aliphatic heterocycles. The summed E-state index contributed by atoms with van der Waals surface area (Å²) >= 11 is 3.13. The van der Waals surface area contributed by atoms with Crippen molar-refractivity contribution in [3.05, 3.63) is 56.9 Å². The fraction of sp³-hybridized carbons (Fsp3) is 0.391. The maximum absolute atomic E-state index is 12.8. The molecule has 1 saturated heterocycles. The van der Waals surface area contributed by atoms with Gasteiger partial charge in [0.25, 0.3) is 5.91 Å². The number of benzene rings is 1. The molecule has 4 heterocycles. The number of hydrogen-bond acceptors (Lipinski definition) is 6. The van der Waals surface area contributed by atoms with Crippen LogP contribution in [0, 0.1) is 13.8 Å². The molecule has 1 fully saturated rings. The minimum atomic E-state index is -0.266. The number of nitrogens with zero attached hydrogens (tertiary/aromatic N) is 2. The topological polar surface area (TPSA) is 68.5 Å². The van der Waals surface area contributed by atoms with Crippen LogP contribution in [0.3, 0.4) is 0 Å². The molecule has 0 radical (unpaired) electrons. The van der Waals surface area contributed by atoms with Crippen LogP contribution in [0.1, 0.15) is 44.1 Å². The monoisotopic (exact) mass is 439 g/mol. The third kappa shape index (κ3) is 3.35. The number of aromatic nitrogens is 1. The number of likely N-dealkylation sites (tertiary alicyclic amines) is 1. The van der Waals surface area contributed by atoms with Crippen LogP contribution in [-0.4, -0.2) is 35.5 Å². The molecule has 0 unspecified atom stereocenters. The summed E-state index contributed by atoms with van der Waals surface area (Å²) in [5.74, 6) is 0.0253. The highest BCUT2D eigenvalue weighted by Crippen LogP contribution is 2.48. The van der Waals surface area contributed by atoms with Crippen molar-refractivity contribution in [3.63, 3.8) is 0 Å². The number of anilines is 1. The zero-order valence-electron chi connectivity index (χ0n) is 17.2. The Morgan fingerprint density at radius 3 is 2.73 bits per heavy atom. The largest absolute Gasteiger partial charge is 0.375 e. The van der Waals surface area contributed by atoms with E-state index in [0.29, 0.717) is 23.1 Å². The molecule has 1 aromatic carbocycles. The summed E-state index contributed by atoms with van der Waals surface area (Å²) in [6.45, 7) is 6.44. The zero-order chi connectivity index (χ0) is 20.9. The number of hydrogen-bond donors (Lipinski definition) is 1. The van der Waals surface area contributed by atoms with Crippen molar-refractivity contribution in [1.82, 2.24) is 9.88 Å². The van der Waals surface area contributed by atoms with Crippen LogP contribution in [0.15, 0.2) is 30.5 Å². The number of thiophene rings is 1. The Labute approximate surface area is 184 Å². The molecule has 0 bridgehead atoms. The molecule has 2 aromatic heterocycles. The average molecular weight is 440 g/mol. The van der Waals surface area contributed by atoms with Gasteiger partial charge in [-0.2, -0.15) is 0 Å². The van der Waals surface area contributed by atoms with Crippen molar-refractivity contribution >= 4 is 33.7 Å². The predicted molar refractivity (Wildman–Crippen MR) is 122 cm³/mol. The highest BCUT2D eigenvalue weighted by molar-refractivity contribution is 7.17. The number of nitrogens with two attached hydrogens (primary N) is 1. The van der Waals surface area contributed by atoms with E-state index >= 15 is 0 Å². The van der Waals surface area contributed by atoms with E-state index in [-0.39, 0.29) is 11.5 Å². The van der Waals surface area contributed by atoms with Gasteiger partial charge < -0.3 is 15.4 Å². The maximum atomic E-state index is 12.8. The molecule has 3 aromatic rings. The second-order valence-corrected chi connectivity index (χ2v) is 10.3. The number of nitrogen functional groups attached to an aromatic ring is 1. The number of carbonyl (C=O) groups excluding carboxylic acids is 1. The minimum absolute atomic E-state index is 0.0253. The van der Waals surface area contributed by atoms with Gasteiger partial charge in [0.1, 0.15) is 10.5 Å². The minimum Gasteiger partial charge on any atom is -0.375 e. The number of thiazole rings is 1. The number of ether oxygens (including phenoxy) is 1. The Balaban J connectivity index is 1.41. The van der Waals surface area contributed by atoms with Crippen LogP contribution in [-0.2, 0) is 16.8 Å². The van der Waals surface area contributed by atoms with Crippen LogP contribution in [0.4, 0.5) is 5.13 Å². The van der Waals surface area contributed by atoms with Gasteiger partial charge in [0.2, 0.25) is 0 Å². The Hall–Kier alpha value is -2.22. The molecular weight excluding hydrogens is 414 g/mol. The molecule has 7 heteroatoms. The van der Waals surface area contributed by atoms with Gasteiger partial charge in [-0.25, -0.2) is 4.98 Å². The standard InChI is InChI=1S/C23H25N3O2S2/c1-14-3-4-15(2)17(11-14)18-12-16-5-10-28-23(20(16)29-18)6-8-26(9-7-23)21(27)19-13-25-22(24)30-19/h3-4,11-13H,5-10H2,1-2H3,(H2,24,25). The number of piperidine rings is 1. The van der Waals surface area contributed by atoms with Gasteiger partial charge in [0.05, 0.1) is 12.8 Å². The second kappa shape index (κ2) is 7.48. The quantitative estimate of drug-likeness (QED) is 0.624. The number of aryl methyl sites for hydroxylation is 2. The van der Waals surface area contributed by atoms with Crippen molar-refractivity contribution in [3.8, 4) is 10.4 Å². The van der Waals surface area contributed by atoms with Crippen LogP contribution in [0.2, 0.25) is 0 Å². The fourth-order valence-electron chi connectivity index (χ4n) is 4.54. The van der Waals surface area contributed by atoms with Crippen LogP contribution >= 0.6 is 22.7 Å². The number of rotatable bonds is 2. The maximum Gasteiger partial charge on any atom is 0.265 e. The summed E-state index contributed by atoms with van der Waals surface area (Å²) in [6, 6.07) is 9.01. The first kappa shape index (κ1) is 19.7. The van der Waals surface area contributed by atoms with Gasteiger partial charge >= 0.3 is 0 Å². The van der Waals surface area contributed by atoms with Gasteiger partial charge in [-0.15, -0.1) is 11.3 Å². The van der Waals surface area contributed by atoms with Crippen LogP contribution in [0.5, 0.6) is 0 Å². The number of amides is 1. The van der Waals surface area contributed by atoms with Crippen LogP contribution in [0.25, 0.3) is 10.4 Å². The molecule has 0 saturated carbocycles. The van der Waals surface area contributed by atoms with Gasteiger partial charge in [0, 0.05) is 22.8 Å². The first-order chi connectivity index (χ1) is 14.4. The molecule has 2 aliphatic rings. The van der Waals surface area contributed by atoms with E-state index in [0.717, 1.165) is 25.9 Å². The Bertz CT molecular complexity index is 1110.